The summed E-state index contributed by atoms with van der Waals surface area (Å²) >= 11 is 0. The molecule has 2 rings (SSSR count). The second-order valence-corrected chi connectivity index (χ2v) is 6.39. The van der Waals surface area contributed by atoms with Gasteiger partial charge < -0.3 is 9.73 Å². The fourth-order valence-corrected chi connectivity index (χ4v) is 2.80. The molecule has 114 valence electrons. The van der Waals surface area contributed by atoms with E-state index in [4.69, 9.17) is 4.42 Å². The summed E-state index contributed by atoms with van der Waals surface area (Å²) in [5, 5.41) is 10.3. The zero-order valence-corrected chi connectivity index (χ0v) is 12.8. The van der Waals surface area contributed by atoms with Crippen molar-refractivity contribution in [3.05, 3.63) is 30.0 Å². The van der Waals surface area contributed by atoms with Crippen molar-refractivity contribution < 1.29 is 12.8 Å². The summed E-state index contributed by atoms with van der Waals surface area (Å²) in [6.07, 6.45) is 2.71. The zero-order chi connectivity index (χ0) is 15.5. The standard InChI is InChI=1S/C12H17N5O3S/c1-8(2)14-7-10-6-11(9(3)20-10)21(18,19)17-12-13-4-5-15-16-12/h4-6,8,14H,7H2,1-3H3,(H,13,16,17). The van der Waals surface area contributed by atoms with Crippen LogP contribution in [0.15, 0.2) is 27.8 Å². The maximum atomic E-state index is 12.3. The van der Waals surface area contributed by atoms with Crippen molar-refractivity contribution in [2.75, 3.05) is 4.72 Å². The van der Waals surface area contributed by atoms with Crippen LogP contribution in [0.5, 0.6) is 0 Å². The number of anilines is 1. The second-order valence-electron chi connectivity index (χ2n) is 4.74. The number of rotatable bonds is 6. The monoisotopic (exact) mass is 311 g/mol. The molecule has 21 heavy (non-hydrogen) atoms. The highest BCUT2D eigenvalue weighted by Crippen LogP contribution is 2.21. The van der Waals surface area contributed by atoms with Gasteiger partial charge in [-0.1, -0.05) is 13.8 Å². The van der Waals surface area contributed by atoms with Gasteiger partial charge >= 0.3 is 0 Å². The Morgan fingerprint density at radius 1 is 1.33 bits per heavy atom. The molecule has 2 heterocycles. The number of furan rings is 1. The van der Waals surface area contributed by atoms with Gasteiger partial charge in [-0.05, 0) is 6.92 Å². The molecule has 0 aliphatic heterocycles. The summed E-state index contributed by atoms with van der Waals surface area (Å²) in [7, 11) is -3.80. The van der Waals surface area contributed by atoms with Crippen molar-refractivity contribution in [1.29, 1.82) is 0 Å². The Hall–Kier alpha value is -2.00. The molecule has 0 amide bonds. The Morgan fingerprint density at radius 2 is 2.10 bits per heavy atom. The van der Waals surface area contributed by atoms with Gasteiger partial charge in [-0.15, -0.1) is 5.10 Å². The van der Waals surface area contributed by atoms with Gasteiger partial charge in [-0.3, -0.25) is 0 Å². The average Bonchev–Trinajstić information content (AvgIpc) is 2.79. The lowest BCUT2D eigenvalue weighted by Gasteiger charge is -2.04. The lowest BCUT2D eigenvalue weighted by Crippen LogP contribution is -2.21. The number of hydrogen-bond donors (Lipinski definition) is 2. The minimum absolute atomic E-state index is 0.0653. The van der Waals surface area contributed by atoms with E-state index >= 15 is 0 Å². The molecule has 8 nitrogen and oxygen atoms in total. The van der Waals surface area contributed by atoms with Gasteiger partial charge in [0.2, 0.25) is 0 Å². The van der Waals surface area contributed by atoms with Crippen LogP contribution in [0.3, 0.4) is 0 Å². The molecule has 2 N–H and O–H groups in total. The van der Waals surface area contributed by atoms with Crippen LogP contribution in [0, 0.1) is 6.92 Å². The molecular formula is C12H17N5O3S. The first-order valence-corrected chi connectivity index (χ1v) is 7.86. The Balaban J connectivity index is 2.20. The zero-order valence-electron chi connectivity index (χ0n) is 12.0. The lowest BCUT2D eigenvalue weighted by atomic mass is 10.3. The molecule has 0 atom stereocenters. The molecule has 0 aliphatic rings. The van der Waals surface area contributed by atoms with E-state index in [0.29, 0.717) is 18.1 Å². The van der Waals surface area contributed by atoms with Crippen LogP contribution in [0.2, 0.25) is 0 Å². The Kier molecular flexibility index (Phi) is 4.53. The molecule has 9 heteroatoms. The Morgan fingerprint density at radius 3 is 2.71 bits per heavy atom. The molecule has 2 aromatic heterocycles. The van der Waals surface area contributed by atoms with Crippen LogP contribution in [0.4, 0.5) is 5.95 Å². The number of nitrogens with zero attached hydrogens (tertiary/aromatic N) is 3. The highest BCUT2D eigenvalue weighted by Gasteiger charge is 2.22. The Labute approximate surface area is 123 Å². The van der Waals surface area contributed by atoms with Crippen LogP contribution in [-0.4, -0.2) is 29.6 Å². The molecule has 0 bridgehead atoms. The normalized spacial score (nSPS) is 11.8. The van der Waals surface area contributed by atoms with E-state index in [1.807, 2.05) is 13.8 Å². The summed E-state index contributed by atoms with van der Waals surface area (Å²) < 4.78 is 32.3. The number of aromatic nitrogens is 3. The smallest absolute Gasteiger partial charge is 0.267 e. The van der Waals surface area contributed by atoms with E-state index in [1.54, 1.807) is 6.92 Å². The topological polar surface area (TPSA) is 110 Å². The summed E-state index contributed by atoms with van der Waals surface area (Å²) in [5.41, 5.74) is 0. The van der Waals surface area contributed by atoms with Crippen LogP contribution < -0.4 is 10.0 Å². The van der Waals surface area contributed by atoms with E-state index in [0.717, 1.165) is 0 Å². The van der Waals surface area contributed by atoms with Gasteiger partial charge in [-0.2, -0.15) is 5.10 Å². The van der Waals surface area contributed by atoms with Crippen molar-refractivity contribution in [1.82, 2.24) is 20.5 Å². The van der Waals surface area contributed by atoms with Crippen molar-refractivity contribution >= 4 is 16.0 Å². The van der Waals surface area contributed by atoms with Crippen LogP contribution in [-0.2, 0) is 16.6 Å². The molecule has 0 spiro atoms. The minimum atomic E-state index is -3.80. The molecule has 0 aromatic carbocycles. The SMILES string of the molecule is Cc1oc(CNC(C)C)cc1S(=O)(=O)Nc1nccnn1. The first kappa shape index (κ1) is 15.4. The van der Waals surface area contributed by atoms with Gasteiger partial charge in [0.1, 0.15) is 16.4 Å². The number of nitrogens with one attached hydrogen (secondary N) is 2. The third kappa shape index (κ3) is 3.99. The fraction of sp³-hybridized carbons (Fsp3) is 0.417. The van der Waals surface area contributed by atoms with Gasteiger partial charge in [0.05, 0.1) is 18.9 Å². The van der Waals surface area contributed by atoms with Gasteiger partial charge in [-0.25, -0.2) is 18.1 Å². The molecule has 2 aromatic rings. The maximum absolute atomic E-state index is 12.3. The first-order valence-electron chi connectivity index (χ1n) is 6.37. The van der Waals surface area contributed by atoms with Crippen LogP contribution >= 0.6 is 0 Å². The van der Waals surface area contributed by atoms with Crippen LogP contribution in [0.25, 0.3) is 0 Å². The van der Waals surface area contributed by atoms with Crippen molar-refractivity contribution in [2.24, 2.45) is 0 Å². The predicted molar refractivity (Wildman–Crippen MR) is 76.1 cm³/mol. The maximum Gasteiger partial charge on any atom is 0.267 e. The lowest BCUT2D eigenvalue weighted by molar-refractivity contribution is 0.444. The van der Waals surface area contributed by atoms with E-state index < -0.39 is 10.0 Å². The quantitative estimate of drug-likeness (QED) is 0.821. The van der Waals surface area contributed by atoms with E-state index in [-0.39, 0.29) is 16.9 Å². The van der Waals surface area contributed by atoms with E-state index in [2.05, 4.69) is 25.2 Å². The van der Waals surface area contributed by atoms with E-state index in [1.165, 1.54) is 18.5 Å². The van der Waals surface area contributed by atoms with Crippen LogP contribution in [0.1, 0.15) is 25.4 Å². The molecule has 0 saturated heterocycles. The third-order valence-corrected chi connectivity index (χ3v) is 4.04. The molecule has 0 unspecified atom stereocenters. The fourth-order valence-electron chi connectivity index (χ4n) is 1.65. The first-order chi connectivity index (χ1) is 9.88. The van der Waals surface area contributed by atoms with Gasteiger partial charge in [0.25, 0.3) is 16.0 Å². The van der Waals surface area contributed by atoms with E-state index in [9.17, 15) is 8.42 Å². The molecule has 0 saturated carbocycles. The van der Waals surface area contributed by atoms with Crippen molar-refractivity contribution in [2.45, 2.75) is 38.3 Å². The highest BCUT2D eigenvalue weighted by molar-refractivity contribution is 7.92. The van der Waals surface area contributed by atoms with Gasteiger partial charge in [0.15, 0.2) is 0 Å². The largest absolute Gasteiger partial charge is 0.464 e. The number of aryl methyl sites for hydroxylation is 1. The molecular weight excluding hydrogens is 294 g/mol. The average molecular weight is 311 g/mol. The minimum Gasteiger partial charge on any atom is -0.464 e. The third-order valence-electron chi connectivity index (χ3n) is 2.61. The molecule has 0 fully saturated rings. The van der Waals surface area contributed by atoms with Crippen molar-refractivity contribution in [3.8, 4) is 0 Å². The molecule has 0 aliphatic carbocycles. The Bertz CT molecular complexity index is 697. The predicted octanol–water partition coefficient (Wildman–Crippen LogP) is 1.07. The number of hydrogen-bond acceptors (Lipinski definition) is 7. The number of sulfonamides is 1. The summed E-state index contributed by atoms with van der Waals surface area (Å²) in [6.45, 7) is 6.04. The molecule has 0 radical (unpaired) electrons. The summed E-state index contributed by atoms with van der Waals surface area (Å²) in [6, 6.07) is 1.76. The summed E-state index contributed by atoms with van der Waals surface area (Å²) in [4.78, 5) is 3.84. The van der Waals surface area contributed by atoms with Gasteiger partial charge in [0, 0.05) is 12.1 Å². The van der Waals surface area contributed by atoms with Crippen molar-refractivity contribution in [3.63, 3.8) is 0 Å². The summed E-state index contributed by atoms with van der Waals surface area (Å²) in [5.74, 6) is 0.778. The highest BCUT2D eigenvalue weighted by atomic mass is 32.2. The second kappa shape index (κ2) is 6.19.